The number of nitrogens with two attached hydrogens (primary N) is 1. The van der Waals surface area contributed by atoms with E-state index < -0.39 is 0 Å². The molecule has 0 bridgehead atoms. The normalized spacial score (nSPS) is 24.1. The number of benzene rings is 1. The van der Waals surface area contributed by atoms with Crippen molar-refractivity contribution in [2.75, 3.05) is 13.1 Å². The summed E-state index contributed by atoms with van der Waals surface area (Å²) in [5.41, 5.74) is 6.40. The zero-order valence-electron chi connectivity index (χ0n) is 10.2. The molecule has 0 radical (unpaired) electrons. The van der Waals surface area contributed by atoms with Crippen molar-refractivity contribution < 1.29 is 4.79 Å². The van der Waals surface area contributed by atoms with Crippen LogP contribution in [-0.4, -0.2) is 29.9 Å². The van der Waals surface area contributed by atoms with E-state index >= 15 is 0 Å². The highest BCUT2D eigenvalue weighted by atomic mass is 35.5. The number of hydrogen-bond acceptors (Lipinski definition) is 2. The summed E-state index contributed by atoms with van der Waals surface area (Å²) in [4.78, 5) is 14.2. The molecule has 5 heteroatoms. The van der Waals surface area contributed by atoms with Crippen LogP contribution in [0, 0.1) is 5.92 Å². The van der Waals surface area contributed by atoms with Crippen LogP contribution in [0.5, 0.6) is 0 Å². The van der Waals surface area contributed by atoms with Gasteiger partial charge in [0.2, 0.25) is 0 Å². The number of carbonyl (C=O) groups excluding carboxylic acids is 1. The Morgan fingerprint density at radius 1 is 1.39 bits per heavy atom. The maximum absolute atomic E-state index is 12.4. The van der Waals surface area contributed by atoms with Crippen LogP contribution >= 0.6 is 23.2 Å². The fraction of sp³-hybridized carbons (Fsp3) is 0.462. The first-order valence-electron chi connectivity index (χ1n) is 5.97. The third kappa shape index (κ3) is 2.97. The predicted molar refractivity (Wildman–Crippen MR) is 74.1 cm³/mol. The van der Waals surface area contributed by atoms with Crippen LogP contribution in [0.1, 0.15) is 23.7 Å². The Kier molecular flexibility index (Phi) is 4.15. The van der Waals surface area contributed by atoms with E-state index in [0.717, 1.165) is 13.0 Å². The summed E-state index contributed by atoms with van der Waals surface area (Å²) in [5, 5.41) is 0.938. The lowest BCUT2D eigenvalue weighted by atomic mass is 9.96. The second kappa shape index (κ2) is 5.47. The van der Waals surface area contributed by atoms with Crippen LogP contribution in [0.15, 0.2) is 18.2 Å². The zero-order valence-corrected chi connectivity index (χ0v) is 11.7. The lowest BCUT2D eigenvalue weighted by Crippen LogP contribution is -2.48. The number of carbonyl (C=O) groups is 1. The monoisotopic (exact) mass is 286 g/mol. The molecule has 0 aliphatic carbocycles. The van der Waals surface area contributed by atoms with Crippen molar-refractivity contribution in [1.82, 2.24) is 4.90 Å². The van der Waals surface area contributed by atoms with Crippen molar-refractivity contribution in [2.24, 2.45) is 11.7 Å². The summed E-state index contributed by atoms with van der Waals surface area (Å²) in [6.07, 6.45) is 0.951. The van der Waals surface area contributed by atoms with Gasteiger partial charge in [0.15, 0.2) is 0 Å². The molecule has 3 nitrogen and oxygen atoms in total. The SMILES string of the molecule is CC1CC(N)CN(C(=O)c2cc(Cl)ccc2Cl)C1. The molecule has 1 aliphatic rings. The molecule has 1 amide bonds. The molecule has 1 heterocycles. The maximum atomic E-state index is 12.4. The van der Waals surface area contributed by atoms with E-state index in [9.17, 15) is 4.79 Å². The van der Waals surface area contributed by atoms with E-state index in [0.29, 0.717) is 28.1 Å². The van der Waals surface area contributed by atoms with Crippen LogP contribution in [0.25, 0.3) is 0 Å². The Morgan fingerprint density at radius 3 is 2.78 bits per heavy atom. The van der Waals surface area contributed by atoms with Crippen LogP contribution < -0.4 is 5.73 Å². The minimum Gasteiger partial charge on any atom is -0.337 e. The van der Waals surface area contributed by atoms with Crippen molar-refractivity contribution in [1.29, 1.82) is 0 Å². The largest absolute Gasteiger partial charge is 0.337 e. The Labute approximate surface area is 117 Å². The Balaban J connectivity index is 2.22. The Morgan fingerprint density at radius 2 is 2.11 bits per heavy atom. The number of rotatable bonds is 1. The Bertz CT molecular complexity index is 454. The van der Waals surface area contributed by atoms with Crippen LogP contribution in [-0.2, 0) is 0 Å². The number of hydrogen-bond donors (Lipinski definition) is 1. The van der Waals surface area contributed by atoms with E-state index in [4.69, 9.17) is 28.9 Å². The van der Waals surface area contributed by atoms with Gasteiger partial charge >= 0.3 is 0 Å². The highest BCUT2D eigenvalue weighted by Crippen LogP contribution is 2.24. The molecule has 1 saturated heterocycles. The first kappa shape index (κ1) is 13.7. The van der Waals surface area contributed by atoms with Gasteiger partial charge in [0.1, 0.15) is 0 Å². The van der Waals surface area contributed by atoms with Gasteiger partial charge in [-0.05, 0) is 30.5 Å². The van der Waals surface area contributed by atoms with Gasteiger partial charge in [0, 0.05) is 24.2 Å². The standard InChI is InChI=1S/C13H16Cl2N2O/c1-8-4-10(16)7-17(6-8)13(18)11-5-9(14)2-3-12(11)15/h2-3,5,8,10H,4,6-7,16H2,1H3. The summed E-state index contributed by atoms with van der Waals surface area (Å²) in [6.45, 7) is 3.39. The number of nitrogens with zero attached hydrogens (tertiary/aromatic N) is 1. The van der Waals surface area contributed by atoms with Crippen LogP contribution in [0.2, 0.25) is 10.0 Å². The van der Waals surface area contributed by atoms with Crippen molar-refractivity contribution in [2.45, 2.75) is 19.4 Å². The lowest BCUT2D eigenvalue weighted by molar-refractivity contribution is 0.0661. The minimum absolute atomic E-state index is 0.0376. The fourth-order valence-corrected chi connectivity index (χ4v) is 2.77. The summed E-state index contributed by atoms with van der Waals surface area (Å²) < 4.78 is 0. The fourth-order valence-electron chi connectivity index (χ4n) is 2.40. The molecule has 18 heavy (non-hydrogen) atoms. The van der Waals surface area contributed by atoms with Crippen molar-refractivity contribution in [3.05, 3.63) is 33.8 Å². The first-order valence-corrected chi connectivity index (χ1v) is 6.73. The molecule has 0 saturated carbocycles. The molecule has 0 aromatic heterocycles. The van der Waals surface area contributed by atoms with Gasteiger partial charge in [0.25, 0.3) is 5.91 Å². The molecular weight excluding hydrogens is 271 g/mol. The van der Waals surface area contributed by atoms with Gasteiger partial charge in [-0.2, -0.15) is 0 Å². The quantitative estimate of drug-likeness (QED) is 0.863. The molecule has 1 aromatic rings. The van der Waals surface area contributed by atoms with Crippen LogP contribution in [0.3, 0.4) is 0 Å². The molecule has 98 valence electrons. The number of likely N-dealkylation sites (tertiary alicyclic amines) is 1. The van der Waals surface area contributed by atoms with E-state index in [1.54, 1.807) is 23.1 Å². The highest BCUT2D eigenvalue weighted by molar-refractivity contribution is 6.35. The average molecular weight is 287 g/mol. The molecule has 2 rings (SSSR count). The van der Waals surface area contributed by atoms with Gasteiger partial charge in [-0.1, -0.05) is 30.1 Å². The van der Waals surface area contributed by atoms with Gasteiger partial charge in [-0.15, -0.1) is 0 Å². The van der Waals surface area contributed by atoms with Crippen LogP contribution in [0.4, 0.5) is 0 Å². The molecule has 2 atom stereocenters. The second-order valence-corrected chi connectivity index (χ2v) is 5.78. The summed E-state index contributed by atoms with van der Waals surface area (Å²) in [6, 6.07) is 4.96. The van der Waals surface area contributed by atoms with Crippen molar-refractivity contribution in [3.8, 4) is 0 Å². The van der Waals surface area contributed by atoms with E-state index in [-0.39, 0.29) is 11.9 Å². The highest BCUT2D eigenvalue weighted by Gasteiger charge is 2.27. The molecular formula is C13H16Cl2N2O. The van der Waals surface area contributed by atoms with Gasteiger partial charge < -0.3 is 10.6 Å². The first-order chi connectivity index (χ1) is 8.47. The van der Waals surface area contributed by atoms with E-state index in [1.807, 2.05) is 0 Å². The van der Waals surface area contributed by atoms with E-state index in [2.05, 4.69) is 6.92 Å². The van der Waals surface area contributed by atoms with Gasteiger partial charge in [-0.3, -0.25) is 4.79 Å². The van der Waals surface area contributed by atoms with Crippen molar-refractivity contribution in [3.63, 3.8) is 0 Å². The maximum Gasteiger partial charge on any atom is 0.255 e. The lowest BCUT2D eigenvalue weighted by Gasteiger charge is -2.35. The third-order valence-corrected chi connectivity index (χ3v) is 3.70. The molecule has 1 aromatic carbocycles. The topological polar surface area (TPSA) is 46.3 Å². The molecule has 0 spiro atoms. The summed E-state index contributed by atoms with van der Waals surface area (Å²) in [5.74, 6) is 0.320. The molecule has 2 unspecified atom stereocenters. The molecule has 2 N–H and O–H groups in total. The molecule has 1 aliphatic heterocycles. The summed E-state index contributed by atoms with van der Waals surface area (Å²) >= 11 is 11.9. The van der Waals surface area contributed by atoms with Crippen molar-refractivity contribution >= 4 is 29.1 Å². The number of piperidine rings is 1. The van der Waals surface area contributed by atoms with Gasteiger partial charge in [-0.25, -0.2) is 0 Å². The zero-order chi connectivity index (χ0) is 13.3. The molecule has 1 fully saturated rings. The smallest absolute Gasteiger partial charge is 0.255 e. The predicted octanol–water partition coefficient (Wildman–Crippen LogP) is 2.80. The number of halogens is 2. The Hall–Kier alpha value is -0.770. The average Bonchev–Trinajstić information content (AvgIpc) is 2.30. The van der Waals surface area contributed by atoms with Gasteiger partial charge in [0.05, 0.1) is 10.6 Å². The minimum atomic E-state index is -0.0931. The number of amides is 1. The second-order valence-electron chi connectivity index (χ2n) is 4.94. The van der Waals surface area contributed by atoms with E-state index in [1.165, 1.54) is 0 Å². The third-order valence-electron chi connectivity index (χ3n) is 3.14. The summed E-state index contributed by atoms with van der Waals surface area (Å²) in [7, 11) is 0.